The summed E-state index contributed by atoms with van der Waals surface area (Å²) < 4.78 is 19.5. The molecule has 0 aromatic heterocycles. The van der Waals surface area contributed by atoms with Crippen LogP contribution < -0.4 is 4.74 Å². The van der Waals surface area contributed by atoms with E-state index >= 15 is 0 Å². The SMILES string of the molecule is Fc1cccc(COc2c(Cl)cc(Cl)cc2CBr)c1Br. The topological polar surface area (TPSA) is 9.23 Å². The van der Waals surface area contributed by atoms with Crippen LogP contribution in [0.1, 0.15) is 11.1 Å². The fourth-order valence-corrected chi connectivity index (χ4v) is 3.07. The van der Waals surface area contributed by atoms with Gasteiger partial charge in [0.15, 0.2) is 0 Å². The second-order valence-corrected chi connectivity index (χ2v) is 6.21. The number of hydrogen-bond donors (Lipinski definition) is 0. The molecule has 6 heteroatoms. The van der Waals surface area contributed by atoms with Gasteiger partial charge in [-0.15, -0.1) is 0 Å². The summed E-state index contributed by atoms with van der Waals surface area (Å²) in [4.78, 5) is 0. The zero-order valence-electron chi connectivity index (χ0n) is 10.1. The highest BCUT2D eigenvalue weighted by atomic mass is 79.9. The van der Waals surface area contributed by atoms with Crippen LogP contribution in [0.25, 0.3) is 0 Å². The van der Waals surface area contributed by atoms with Crippen molar-refractivity contribution in [2.45, 2.75) is 11.9 Å². The Labute approximate surface area is 143 Å². The van der Waals surface area contributed by atoms with Gasteiger partial charge in [-0.1, -0.05) is 51.3 Å². The van der Waals surface area contributed by atoms with Gasteiger partial charge in [-0.05, 0) is 34.1 Å². The summed E-state index contributed by atoms with van der Waals surface area (Å²) in [7, 11) is 0. The Kier molecular flexibility index (Phi) is 5.73. The van der Waals surface area contributed by atoms with Gasteiger partial charge in [-0.3, -0.25) is 0 Å². The lowest BCUT2D eigenvalue weighted by Crippen LogP contribution is -2.00. The van der Waals surface area contributed by atoms with Crippen molar-refractivity contribution in [3.05, 3.63) is 61.8 Å². The molecule has 0 aliphatic heterocycles. The first-order valence-electron chi connectivity index (χ1n) is 5.62. The molecule has 2 aromatic rings. The lowest BCUT2D eigenvalue weighted by molar-refractivity contribution is 0.302. The van der Waals surface area contributed by atoms with Gasteiger partial charge >= 0.3 is 0 Å². The summed E-state index contributed by atoms with van der Waals surface area (Å²) in [6.45, 7) is 0.208. The van der Waals surface area contributed by atoms with Crippen LogP contribution in [0.2, 0.25) is 10.0 Å². The number of ether oxygens (including phenoxy) is 1. The molecule has 106 valence electrons. The summed E-state index contributed by atoms with van der Waals surface area (Å²) in [5.74, 6) is 0.220. The zero-order chi connectivity index (χ0) is 14.7. The van der Waals surface area contributed by atoms with E-state index in [0.29, 0.717) is 31.2 Å². The highest BCUT2D eigenvalue weighted by molar-refractivity contribution is 9.10. The van der Waals surface area contributed by atoms with Crippen LogP contribution in [0.15, 0.2) is 34.8 Å². The molecule has 0 aliphatic carbocycles. The average molecular weight is 443 g/mol. The summed E-state index contributed by atoms with van der Waals surface area (Å²) in [5.41, 5.74) is 1.55. The predicted octanol–water partition coefficient (Wildman–Crippen LogP) is 6.37. The molecule has 0 bridgehead atoms. The number of halogens is 5. The van der Waals surface area contributed by atoms with Crippen LogP contribution >= 0.6 is 55.1 Å². The van der Waals surface area contributed by atoms with Crippen molar-refractivity contribution in [1.82, 2.24) is 0 Å². The zero-order valence-corrected chi connectivity index (χ0v) is 14.8. The number of alkyl halides is 1. The fraction of sp³-hybridized carbons (Fsp3) is 0.143. The maximum Gasteiger partial charge on any atom is 0.142 e. The minimum atomic E-state index is -0.325. The standard InChI is InChI=1S/C14H9Br2Cl2FO/c15-6-9-4-10(17)5-11(18)14(9)20-7-8-2-1-3-12(19)13(8)16/h1-5H,6-7H2. The fourth-order valence-electron chi connectivity index (χ4n) is 1.68. The molecular formula is C14H9Br2Cl2FO. The van der Waals surface area contributed by atoms with Crippen LogP contribution in [-0.2, 0) is 11.9 Å². The van der Waals surface area contributed by atoms with E-state index in [-0.39, 0.29) is 12.4 Å². The molecule has 0 unspecified atom stereocenters. The van der Waals surface area contributed by atoms with E-state index in [1.54, 1.807) is 24.3 Å². The van der Waals surface area contributed by atoms with E-state index in [2.05, 4.69) is 31.9 Å². The second-order valence-electron chi connectivity index (χ2n) is 4.01. The molecule has 0 fully saturated rings. The Bertz CT molecular complexity index is 635. The average Bonchev–Trinajstić information content (AvgIpc) is 2.41. The highest BCUT2D eigenvalue weighted by Gasteiger charge is 2.12. The molecule has 0 N–H and O–H groups in total. The summed E-state index contributed by atoms with van der Waals surface area (Å²) in [6, 6.07) is 8.19. The van der Waals surface area contributed by atoms with Crippen molar-refractivity contribution in [2.24, 2.45) is 0 Å². The van der Waals surface area contributed by atoms with Crippen molar-refractivity contribution in [2.75, 3.05) is 0 Å². The molecule has 0 radical (unpaired) electrons. The first-order valence-corrected chi connectivity index (χ1v) is 8.29. The van der Waals surface area contributed by atoms with E-state index in [0.717, 1.165) is 5.56 Å². The van der Waals surface area contributed by atoms with E-state index in [9.17, 15) is 4.39 Å². The van der Waals surface area contributed by atoms with E-state index in [1.807, 2.05) is 0 Å². The van der Waals surface area contributed by atoms with Crippen molar-refractivity contribution in [3.63, 3.8) is 0 Å². The molecule has 0 heterocycles. The molecule has 0 amide bonds. The number of rotatable bonds is 4. The number of benzene rings is 2. The van der Waals surface area contributed by atoms with Gasteiger partial charge in [0.05, 0.1) is 9.50 Å². The van der Waals surface area contributed by atoms with Gasteiger partial charge < -0.3 is 4.74 Å². The summed E-state index contributed by atoms with van der Waals surface area (Å²) >= 11 is 18.6. The molecule has 0 spiro atoms. The lowest BCUT2D eigenvalue weighted by Gasteiger charge is -2.13. The molecule has 0 saturated heterocycles. The first kappa shape index (κ1) is 16.1. The van der Waals surface area contributed by atoms with Gasteiger partial charge in [-0.25, -0.2) is 4.39 Å². The minimum Gasteiger partial charge on any atom is -0.487 e. The van der Waals surface area contributed by atoms with Crippen LogP contribution in [0, 0.1) is 5.82 Å². The van der Waals surface area contributed by atoms with E-state index in [4.69, 9.17) is 27.9 Å². The van der Waals surface area contributed by atoms with Crippen molar-refractivity contribution in [3.8, 4) is 5.75 Å². The maximum absolute atomic E-state index is 13.4. The summed E-state index contributed by atoms with van der Waals surface area (Å²) in [6.07, 6.45) is 0. The lowest BCUT2D eigenvalue weighted by atomic mass is 10.2. The molecule has 1 nitrogen and oxygen atoms in total. The maximum atomic E-state index is 13.4. The first-order chi connectivity index (χ1) is 9.52. The summed E-state index contributed by atoms with van der Waals surface area (Å²) in [5, 5.41) is 1.54. The van der Waals surface area contributed by atoms with Crippen molar-refractivity contribution < 1.29 is 9.13 Å². The predicted molar refractivity (Wildman–Crippen MR) is 87.5 cm³/mol. The Morgan fingerprint density at radius 1 is 1.15 bits per heavy atom. The van der Waals surface area contributed by atoms with Gasteiger partial charge in [0.25, 0.3) is 0 Å². The van der Waals surface area contributed by atoms with Gasteiger partial charge in [0.2, 0.25) is 0 Å². The Hall–Kier alpha value is -0.290. The Morgan fingerprint density at radius 3 is 2.60 bits per heavy atom. The van der Waals surface area contributed by atoms with Gasteiger partial charge in [0, 0.05) is 21.5 Å². The van der Waals surface area contributed by atoms with E-state index in [1.165, 1.54) is 6.07 Å². The third kappa shape index (κ3) is 3.67. The van der Waals surface area contributed by atoms with Crippen LogP contribution in [0.3, 0.4) is 0 Å². The van der Waals surface area contributed by atoms with Crippen LogP contribution in [-0.4, -0.2) is 0 Å². The van der Waals surface area contributed by atoms with Crippen molar-refractivity contribution >= 4 is 55.1 Å². The molecule has 2 aromatic carbocycles. The van der Waals surface area contributed by atoms with Crippen molar-refractivity contribution in [1.29, 1.82) is 0 Å². The number of hydrogen-bond acceptors (Lipinski definition) is 1. The molecule has 0 aliphatic rings. The third-order valence-electron chi connectivity index (χ3n) is 2.63. The normalized spacial score (nSPS) is 10.7. The minimum absolute atomic E-state index is 0.208. The monoisotopic (exact) mass is 440 g/mol. The second kappa shape index (κ2) is 7.12. The van der Waals surface area contributed by atoms with E-state index < -0.39 is 0 Å². The third-order valence-corrected chi connectivity index (χ3v) is 4.62. The van der Waals surface area contributed by atoms with Gasteiger partial charge in [-0.2, -0.15) is 0 Å². The molecular weight excluding hydrogens is 434 g/mol. The highest BCUT2D eigenvalue weighted by Crippen LogP contribution is 2.34. The smallest absolute Gasteiger partial charge is 0.142 e. The van der Waals surface area contributed by atoms with Gasteiger partial charge in [0.1, 0.15) is 18.2 Å². The molecule has 2 rings (SSSR count). The molecule has 0 saturated carbocycles. The molecule has 20 heavy (non-hydrogen) atoms. The van der Waals surface area contributed by atoms with Crippen LogP contribution in [0.4, 0.5) is 4.39 Å². The largest absolute Gasteiger partial charge is 0.487 e. The quantitative estimate of drug-likeness (QED) is 0.500. The Morgan fingerprint density at radius 2 is 1.90 bits per heavy atom. The molecule has 0 atom stereocenters. The van der Waals surface area contributed by atoms with Crippen LogP contribution in [0.5, 0.6) is 5.75 Å². The Balaban J connectivity index is 2.25.